The molecular formula is C16H12N2O3. The number of amides is 1. The van der Waals surface area contributed by atoms with Crippen molar-refractivity contribution in [3.8, 4) is 5.75 Å². The summed E-state index contributed by atoms with van der Waals surface area (Å²) >= 11 is 0. The number of nitrogens with zero attached hydrogens (tertiary/aromatic N) is 1. The molecule has 3 rings (SSSR count). The van der Waals surface area contributed by atoms with Crippen LogP contribution in [0.3, 0.4) is 0 Å². The van der Waals surface area contributed by atoms with Gasteiger partial charge in [-0.05, 0) is 35.9 Å². The van der Waals surface area contributed by atoms with Gasteiger partial charge in [-0.25, -0.2) is 4.98 Å². The van der Waals surface area contributed by atoms with Crippen molar-refractivity contribution in [2.24, 2.45) is 0 Å². The SMILES string of the molecule is COc1ccc(C=C2C(=O)Nc3ncccc3C2=O)cc1. The average molecular weight is 280 g/mol. The maximum absolute atomic E-state index is 12.4. The van der Waals surface area contributed by atoms with Crippen molar-refractivity contribution in [1.82, 2.24) is 4.98 Å². The Balaban J connectivity index is 2.00. The van der Waals surface area contributed by atoms with Crippen molar-refractivity contribution in [2.75, 3.05) is 12.4 Å². The normalized spacial score (nSPS) is 15.6. The van der Waals surface area contributed by atoms with Crippen LogP contribution in [-0.4, -0.2) is 23.8 Å². The number of Topliss-reactive ketones (excluding diaryl/α,β-unsaturated/α-hetero) is 1. The average Bonchev–Trinajstić information content (AvgIpc) is 2.52. The van der Waals surface area contributed by atoms with Gasteiger partial charge in [-0.1, -0.05) is 12.1 Å². The first-order valence-corrected chi connectivity index (χ1v) is 6.36. The summed E-state index contributed by atoms with van der Waals surface area (Å²) < 4.78 is 5.07. The monoisotopic (exact) mass is 280 g/mol. The highest BCUT2D eigenvalue weighted by Crippen LogP contribution is 2.24. The Morgan fingerprint density at radius 1 is 1.14 bits per heavy atom. The number of aromatic nitrogens is 1. The molecule has 1 N–H and O–H groups in total. The lowest BCUT2D eigenvalue weighted by Gasteiger charge is -2.16. The van der Waals surface area contributed by atoms with Crippen molar-refractivity contribution < 1.29 is 14.3 Å². The van der Waals surface area contributed by atoms with Crippen molar-refractivity contribution in [3.05, 3.63) is 59.3 Å². The lowest BCUT2D eigenvalue weighted by molar-refractivity contribution is -0.112. The van der Waals surface area contributed by atoms with Gasteiger partial charge >= 0.3 is 0 Å². The highest BCUT2D eigenvalue weighted by atomic mass is 16.5. The quantitative estimate of drug-likeness (QED) is 0.677. The smallest absolute Gasteiger partial charge is 0.260 e. The number of carbonyl (C=O) groups excluding carboxylic acids is 2. The third-order valence-corrected chi connectivity index (χ3v) is 3.20. The fraction of sp³-hybridized carbons (Fsp3) is 0.0625. The Hall–Kier alpha value is -2.95. The molecule has 0 atom stereocenters. The molecule has 1 aromatic heterocycles. The molecular weight excluding hydrogens is 268 g/mol. The minimum Gasteiger partial charge on any atom is -0.497 e. The van der Waals surface area contributed by atoms with Gasteiger partial charge in [-0.2, -0.15) is 0 Å². The number of anilines is 1. The second-order valence-corrected chi connectivity index (χ2v) is 4.51. The number of ether oxygens (including phenoxy) is 1. The molecule has 2 heterocycles. The molecule has 0 bridgehead atoms. The van der Waals surface area contributed by atoms with E-state index in [0.717, 1.165) is 5.56 Å². The molecule has 0 fully saturated rings. The molecule has 0 saturated carbocycles. The van der Waals surface area contributed by atoms with E-state index in [1.165, 1.54) is 6.20 Å². The van der Waals surface area contributed by atoms with E-state index in [9.17, 15) is 9.59 Å². The van der Waals surface area contributed by atoms with E-state index in [0.29, 0.717) is 17.1 Å². The zero-order valence-electron chi connectivity index (χ0n) is 11.3. The fourth-order valence-electron chi connectivity index (χ4n) is 2.11. The predicted octanol–water partition coefficient (Wildman–Crippen LogP) is 2.31. The second kappa shape index (κ2) is 5.20. The number of rotatable bonds is 2. The van der Waals surface area contributed by atoms with Gasteiger partial charge in [-0.15, -0.1) is 0 Å². The van der Waals surface area contributed by atoms with Gasteiger partial charge in [-0.3, -0.25) is 9.59 Å². The molecule has 1 amide bonds. The summed E-state index contributed by atoms with van der Waals surface area (Å²) in [6, 6.07) is 10.4. The summed E-state index contributed by atoms with van der Waals surface area (Å²) in [5, 5.41) is 2.62. The van der Waals surface area contributed by atoms with E-state index in [2.05, 4.69) is 10.3 Å². The molecule has 0 spiro atoms. The molecule has 0 aliphatic carbocycles. The molecule has 1 aromatic carbocycles. The Morgan fingerprint density at radius 2 is 1.90 bits per heavy atom. The molecule has 0 saturated heterocycles. The topological polar surface area (TPSA) is 68.3 Å². The van der Waals surface area contributed by atoms with Crippen LogP contribution in [0.25, 0.3) is 6.08 Å². The van der Waals surface area contributed by atoms with Crippen LogP contribution < -0.4 is 10.1 Å². The van der Waals surface area contributed by atoms with Gasteiger partial charge in [0, 0.05) is 6.20 Å². The van der Waals surface area contributed by atoms with Crippen LogP contribution in [0.1, 0.15) is 15.9 Å². The lowest BCUT2D eigenvalue weighted by Crippen LogP contribution is -2.28. The third-order valence-electron chi connectivity index (χ3n) is 3.20. The second-order valence-electron chi connectivity index (χ2n) is 4.51. The van der Waals surface area contributed by atoms with Crippen LogP contribution in [0.5, 0.6) is 5.75 Å². The molecule has 0 radical (unpaired) electrons. The number of fused-ring (bicyclic) bond motifs is 1. The molecule has 0 unspecified atom stereocenters. The Kier molecular flexibility index (Phi) is 3.23. The zero-order chi connectivity index (χ0) is 14.8. The van der Waals surface area contributed by atoms with Gasteiger partial charge in [0.05, 0.1) is 18.2 Å². The first-order valence-electron chi connectivity index (χ1n) is 6.36. The summed E-state index contributed by atoms with van der Waals surface area (Å²) in [6.45, 7) is 0. The van der Waals surface area contributed by atoms with Crippen LogP contribution in [0.4, 0.5) is 5.82 Å². The largest absolute Gasteiger partial charge is 0.497 e. The van der Waals surface area contributed by atoms with Gasteiger partial charge in [0.1, 0.15) is 11.6 Å². The maximum atomic E-state index is 12.4. The van der Waals surface area contributed by atoms with Crippen LogP contribution in [-0.2, 0) is 4.79 Å². The minimum atomic E-state index is -0.443. The number of hydrogen-bond donors (Lipinski definition) is 1. The number of carbonyl (C=O) groups is 2. The Morgan fingerprint density at radius 3 is 2.62 bits per heavy atom. The van der Waals surface area contributed by atoms with E-state index < -0.39 is 5.91 Å². The molecule has 5 nitrogen and oxygen atoms in total. The highest BCUT2D eigenvalue weighted by Gasteiger charge is 2.28. The van der Waals surface area contributed by atoms with Gasteiger partial charge in [0.25, 0.3) is 5.91 Å². The molecule has 1 aliphatic heterocycles. The van der Waals surface area contributed by atoms with Gasteiger partial charge < -0.3 is 10.1 Å². The summed E-state index contributed by atoms with van der Waals surface area (Å²) in [5.41, 5.74) is 1.25. The number of ketones is 1. The summed E-state index contributed by atoms with van der Waals surface area (Å²) in [5.74, 6) is 0.255. The zero-order valence-corrected chi connectivity index (χ0v) is 11.3. The predicted molar refractivity (Wildman–Crippen MR) is 78.2 cm³/mol. The van der Waals surface area contributed by atoms with E-state index in [-0.39, 0.29) is 11.4 Å². The van der Waals surface area contributed by atoms with Crippen molar-refractivity contribution in [3.63, 3.8) is 0 Å². The summed E-state index contributed by atoms with van der Waals surface area (Å²) in [6.07, 6.45) is 3.09. The summed E-state index contributed by atoms with van der Waals surface area (Å²) in [4.78, 5) is 28.4. The van der Waals surface area contributed by atoms with Crippen molar-refractivity contribution in [1.29, 1.82) is 0 Å². The molecule has 1 aliphatic rings. The first kappa shape index (κ1) is 13.1. The number of pyridine rings is 1. The van der Waals surface area contributed by atoms with Crippen LogP contribution in [0.15, 0.2) is 48.2 Å². The molecule has 2 aromatic rings. The van der Waals surface area contributed by atoms with E-state index in [1.54, 1.807) is 49.6 Å². The van der Waals surface area contributed by atoms with E-state index in [4.69, 9.17) is 4.74 Å². The molecule has 21 heavy (non-hydrogen) atoms. The first-order chi connectivity index (χ1) is 10.2. The maximum Gasteiger partial charge on any atom is 0.260 e. The van der Waals surface area contributed by atoms with Crippen LogP contribution in [0, 0.1) is 0 Å². The Bertz CT molecular complexity index is 748. The third kappa shape index (κ3) is 2.41. The summed E-state index contributed by atoms with van der Waals surface area (Å²) in [7, 11) is 1.58. The van der Waals surface area contributed by atoms with Gasteiger partial charge in [0.2, 0.25) is 5.78 Å². The van der Waals surface area contributed by atoms with E-state index >= 15 is 0 Å². The van der Waals surface area contributed by atoms with Crippen molar-refractivity contribution in [2.45, 2.75) is 0 Å². The highest BCUT2D eigenvalue weighted by molar-refractivity contribution is 6.35. The minimum absolute atomic E-state index is 0.0978. The number of methoxy groups -OCH3 is 1. The fourth-order valence-corrected chi connectivity index (χ4v) is 2.11. The number of benzene rings is 1. The van der Waals surface area contributed by atoms with E-state index in [1.807, 2.05) is 0 Å². The van der Waals surface area contributed by atoms with Gasteiger partial charge in [0.15, 0.2) is 0 Å². The van der Waals surface area contributed by atoms with Crippen molar-refractivity contribution >= 4 is 23.6 Å². The molecule has 104 valence electrons. The Labute approximate surface area is 121 Å². The number of nitrogens with one attached hydrogen (secondary N) is 1. The number of hydrogen-bond acceptors (Lipinski definition) is 4. The molecule has 5 heteroatoms. The van der Waals surface area contributed by atoms with Crippen LogP contribution in [0.2, 0.25) is 0 Å². The van der Waals surface area contributed by atoms with Crippen LogP contribution >= 0.6 is 0 Å². The lowest BCUT2D eigenvalue weighted by atomic mass is 9.97. The standard InChI is InChI=1S/C16H12N2O3/c1-21-11-6-4-10(5-7-11)9-13-14(19)12-3-2-8-17-15(12)18-16(13)20/h2-9H,1H3,(H,17,18,20).